The molecule has 0 aromatic carbocycles. The smallest absolute Gasteiger partial charge is 0.475 e. The lowest BCUT2D eigenvalue weighted by atomic mass is 10.00. The second kappa shape index (κ2) is 49.3. The monoisotopic (exact) mass is 1880 g/mol. The van der Waals surface area contributed by atoms with Gasteiger partial charge in [0.2, 0.25) is 0 Å². The lowest BCUT2D eigenvalue weighted by molar-refractivity contribution is -0.192. The summed E-state index contributed by atoms with van der Waals surface area (Å²) in [4.78, 5) is 93.3. The summed E-state index contributed by atoms with van der Waals surface area (Å²) < 4.78 is 94.9. The number of alkyl halides is 3. The van der Waals surface area contributed by atoms with E-state index < -0.39 is 39.1 Å². The maximum atomic E-state index is 11.9. The minimum atomic E-state index is -5.08. The van der Waals surface area contributed by atoms with Crippen molar-refractivity contribution in [2.75, 3.05) is 118 Å². The molecule has 0 saturated carbocycles. The van der Waals surface area contributed by atoms with Gasteiger partial charge < -0.3 is 68.6 Å². The lowest BCUT2D eigenvalue weighted by Gasteiger charge is -2.37. The number of amides is 5. The first kappa shape index (κ1) is 99.4. The van der Waals surface area contributed by atoms with E-state index in [1.165, 1.54) is 23.7 Å². The van der Waals surface area contributed by atoms with Crippen molar-refractivity contribution in [2.45, 2.75) is 238 Å². The zero-order chi connectivity index (χ0) is 84.3. The zero-order valence-electron chi connectivity index (χ0n) is 67.3. The number of ether oxygens (including phenoxy) is 5. The van der Waals surface area contributed by atoms with Crippen molar-refractivity contribution in [1.82, 2.24) is 64.1 Å². The van der Waals surface area contributed by atoms with Gasteiger partial charge in [0.1, 0.15) is 36.4 Å². The number of Topliss-reactive ketones (excluding diaryl/α,β-unsaturated/α-hetero) is 1. The molecule has 113 heavy (non-hydrogen) atoms. The van der Waals surface area contributed by atoms with Gasteiger partial charge in [-0.2, -0.15) is 36.9 Å². The number of ketones is 1. The molecule has 0 aliphatic carbocycles. The number of nitrogens with zero attached hydrogens (tertiary/aromatic N) is 13. The molecule has 39 heteroatoms. The summed E-state index contributed by atoms with van der Waals surface area (Å²) in [5.74, 6) is -2.51. The number of nitrogens with one attached hydrogen (secondary N) is 1. The number of aliphatic carboxylic acids is 1. The van der Waals surface area contributed by atoms with Crippen LogP contribution in [0.4, 0.5) is 37.1 Å². The number of allylic oxidation sites excluding steroid dienone is 1. The normalized spacial score (nSPS) is 19.3. The van der Waals surface area contributed by atoms with Crippen LogP contribution in [0.15, 0.2) is 66.2 Å². The summed E-state index contributed by atoms with van der Waals surface area (Å²) in [6, 6.07) is 7.93. The molecule has 0 radical (unpaired) electrons. The van der Waals surface area contributed by atoms with E-state index in [0.29, 0.717) is 128 Å². The fraction of sp³-hybridized carbons (Fsp3) is 0.743. The van der Waals surface area contributed by atoms with E-state index in [0.717, 1.165) is 111 Å². The fourth-order valence-electron chi connectivity index (χ4n) is 12.5. The SMILES string of the molecule is BrC1=CC=NC1.Brc1ccnn1C1CCNCC1.CC(C)(C)OC(=O)N1CCC(O)CC1.CC(C)(C)OC(=O)N1CCC(OS(C)(=O)=O)CC1.CC(C)(C)OC(=O)N1CCC(n2nccc2Br)CC1.CCOC(=O)N1CCCC(=O)CC1.CCOC(=O)N1CCCC(N2CCC(n3nccc3Br)CC2)CC1.O=C(O)C(F)(F)F. The molecule has 11 rings (SSSR count). The number of carboxylic acids is 1. The van der Waals surface area contributed by atoms with Gasteiger partial charge in [-0.1, -0.05) is 15.9 Å². The van der Waals surface area contributed by atoms with Crippen molar-refractivity contribution in [3.63, 3.8) is 0 Å². The highest BCUT2D eigenvalue weighted by Gasteiger charge is 2.39. The summed E-state index contributed by atoms with van der Waals surface area (Å²) in [6.45, 7) is 32.7. The van der Waals surface area contributed by atoms with Crippen LogP contribution in [0.2, 0.25) is 0 Å². The second-order valence-electron chi connectivity index (χ2n) is 30.7. The standard InChI is InChI=1S/C17H27BrN4O2.C13H20BrN3O2.C11H21NO5S.C10H19NO3.C9H15NO3.C8H12BrN3.C4H4BrN.C2HF3O2/c1-2-24-17(23)21-10-3-4-14(6-13-21)20-11-7-15(8-12-20)22-16(18)5-9-19-22;1-13(2,3)19-12(18)16-8-5-10(6-9-16)17-11(14)4-7-15-17;1-11(2,3)16-10(13)12-7-5-9(6-8-12)17-18(4,14)15;1-10(2,3)14-9(13)11-6-4-8(12)5-7-11;1-2-13-9(12)10-6-3-4-8(11)5-7-10;9-8-3-6-11-12(8)7-1-4-10-5-2-7;5-4-1-2-6-3-4;3-2(4,5)1(6)7/h5,9,14-15H,2-4,6-8,10-13H2,1H3;4,7,10H,5-6,8-9H2,1-3H3;9H,5-8H2,1-4H3;8,12H,4-7H2,1-3H3;2-7H2,1H3;3,6-7,10H,1-2,4-5H2;1-2H,3H2;(H,6,7). The number of rotatable bonds is 8. The van der Waals surface area contributed by atoms with Gasteiger partial charge in [-0.15, -0.1) is 0 Å². The third-order valence-corrected chi connectivity index (χ3v) is 21.0. The minimum Gasteiger partial charge on any atom is -0.475 e. The minimum absolute atomic E-state index is 0.152. The molecule has 7 saturated heterocycles. The Hall–Kier alpha value is -5.97. The van der Waals surface area contributed by atoms with Crippen molar-refractivity contribution in [1.29, 1.82) is 0 Å². The van der Waals surface area contributed by atoms with Crippen molar-refractivity contribution in [3.05, 3.63) is 61.2 Å². The van der Waals surface area contributed by atoms with E-state index in [2.05, 4.69) is 104 Å². The van der Waals surface area contributed by atoms with E-state index >= 15 is 0 Å². The van der Waals surface area contributed by atoms with E-state index in [-0.39, 0.29) is 48.5 Å². The predicted octanol–water partition coefficient (Wildman–Crippen LogP) is 14.0. The molecule has 8 aliphatic heterocycles. The topological polar surface area (TPSA) is 347 Å². The Morgan fingerprint density at radius 1 is 0.513 bits per heavy atom. The van der Waals surface area contributed by atoms with Crippen LogP contribution in [-0.4, -0.2) is 285 Å². The largest absolute Gasteiger partial charge is 0.490 e. The molecule has 11 heterocycles. The van der Waals surface area contributed by atoms with Crippen molar-refractivity contribution >= 4 is 122 Å². The van der Waals surface area contributed by atoms with Crippen molar-refractivity contribution in [2.24, 2.45) is 4.99 Å². The van der Waals surface area contributed by atoms with Gasteiger partial charge in [0.15, 0.2) is 0 Å². The molecule has 8 aliphatic rings. The Kier molecular flexibility index (Phi) is 43.4. The first-order valence-electron chi connectivity index (χ1n) is 38.5. The van der Waals surface area contributed by atoms with Gasteiger partial charge in [0, 0.05) is 108 Å². The van der Waals surface area contributed by atoms with Crippen LogP contribution in [0.3, 0.4) is 0 Å². The molecule has 7 fully saturated rings. The first-order chi connectivity index (χ1) is 53.0. The average molecular weight is 1890 g/mol. The molecule has 0 spiro atoms. The Morgan fingerprint density at radius 3 is 1.22 bits per heavy atom. The molecule has 1 unspecified atom stereocenters. The summed E-state index contributed by atoms with van der Waals surface area (Å²) in [5.41, 5.74) is -1.39. The Labute approximate surface area is 697 Å². The highest BCUT2D eigenvalue weighted by Crippen LogP contribution is 2.31. The number of carbonyl (C=O) groups excluding carboxylic acids is 6. The van der Waals surface area contributed by atoms with Gasteiger partial charge in [-0.3, -0.25) is 28.0 Å². The number of aromatic nitrogens is 6. The second-order valence-corrected chi connectivity index (χ2v) is 35.7. The van der Waals surface area contributed by atoms with Crippen LogP contribution in [0.1, 0.15) is 197 Å². The zero-order valence-corrected chi connectivity index (χ0v) is 74.5. The van der Waals surface area contributed by atoms with Crippen LogP contribution >= 0.6 is 63.7 Å². The number of piperidine rings is 5. The number of likely N-dealkylation sites (tertiary alicyclic amines) is 6. The highest BCUT2D eigenvalue weighted by molar-refractivity contribution is 9.11. The number of halogens is 7. The number of hydrogen-bond donors (Lipinski definition) is 3. The third-order valence-electron chi connectivity index (χ3n) is 18.0. The van der Waals surface area contributed by atoms with Crippen LogP contribution in [-0.2, 0) is 47.6 Å². The van der Waals surface area contributed by atoms with Crippen LogP contribution < -0.4 is 5.32 Å². The van der Waals surface area contributed by atoms with E-state index in [9.17, 15) is 55.5 Å². The van der Waals surface area contributed by atoms with Gasteiger partial charge in [0.25, 0.3) is 10.1 Å². The summed E-state index contributed by atoms with van der Waals surface area (Å²) >= 11 is 13.8. The average Bonchev–Trinajstić information content (AvgIpc) is 1.78. The molecule has 31 nitrogen and oxygen atoms in total. The van der Waals surface area contributed by atoms with Crippen LogP contribution in [0.25, 0.3) is 0 Å². The first-order valence-corrected chi connectivity index (χ1v) is 43.5. The summed E-state index contributed by atoms with van der Waals surface area (Å²) in [5, 5.41) is 32.7. The molecule has 5 amide bonds. The van der Waals surface area contributed by atoms with Crippen LogP contribution in [0, 0.1) is 0 Å². The highest BCUT2D eigenvalue weighted by atomic mass is 79.9. The molecule has 3 N–H and O–H groups in total. The van der Waals surface area contributed by atoms with Crippen molar-refractivity contribution in [3.8, 4) is 0 Å². The van der Waals surface area contributed by atoms with E-state index in [1.54, 1.807) is 38.9 Å². The Balaban J connectivity index is 0.000000280. The summed E-state index contributed by atoms with van der Waals surface area (Å²) in [7, 11) is -3.42. The number of aliphatic hydroxyl groups is 1. The van der Waals surface area contributed by atoms with Gasteiger partial charge in [0.05, 0.1) is 74.9 Å². The number of carbonyl (C=O) groups is 7. The Morgan fingerprint density at radius 2 is 0.876 bits per heavy atom. The molecule has 3 aromatic rings. The molecule has 0 bridgehead atoms. The number of hydrogen-bond acceptors (Lipinski definition) is 22. The number of aliphatic imine (C=N–C) groups is 1. The maximum Gasteiger partial charge on any atom is 0.490 e. The molecule has 1 atom stereocenters. The van der Waals surface area contributed by atoms with Gasteiger partial charge in [-0.05, 0) is 251 Å². The lowest BCUT2D eigenvalue weighted by Crippen LogP contribution is -2.43. The Bertz CT molecular complexity index is 3550. The van der Waals surface area contributed by atoms with Gasteiger partial charge in [-0.25, -0.2) is 28.8 Å². The molecule has 642 valence electrons. The van der Waals surface area contributed by atoms with Crippen molar-refractivity contribution < 1.29 is 93.2 Å². The summed E-state index contributed by atoms with van der Waals surface area (Å²) in [6.07, 6.45) is 17.1. The number of aliphatic hydroxyl groups excluding tert-OH is 1. The van der Waals surface area contributed by atoms with Crippen LogP contribution in [0.5, 0.6) is 0 Å². The van der Waals surface area contributed by atoms with E-state index in [4.69, 9.17) is 37.8 Å². The molecule has 3 aromatic heterocycles. The predicted molar refractivity (Wildman–Crippen MR) is 434 cm³/mol. The molecular weight excluding hydrogens is 1770 g/mol. The fourth-order valence-corrected chi connectivity index (χ4v) is 14.9. The quantitative estimate of drug-likeness (QED) is 0.139. The third kappa shape index (κ3) is 40.2. The molecular formula is C74H119Br4F3N14O17S. The number of carboxylic acid groups (broad SMARTS) is 1. The van der Waals surface area contributed by atoms with E-state index in [1.807, 2.05) is 115 Å². The maximum absolute atomic E-state index is 11.9. The van der Waals surface area contributed by atoms with Gasteiger partial charge >= 0.3 is 42.6 Å².